The van der Waals surface area contributed by atoms with Gasteiger partial charge in [0.25, 0.3) is 0 Å². The molecule has 3 rings (SSSR count). The third-order valence-electron chi connectivity index (χ3n) is 3.88. The summed E-state index contributed by atoms with van der Waals surface area (Å²) in [5.41, 5.74) is 1.46. The van der Waals surface area contributed by atoms with Gasteiger partial charge < -0.3 is 15.0 Å². The van der Waals surface area contributed by atoms with E-state index >= 15 is 0 Å². The van der Waals surface area contributed by atoms with Crippen molar-refractivity contribution in [3.05, 3.63) is 44.9 Å². The third-order valence-corrected chi connectivity index (χ3v) is 4.76. The average Bonchev–Trinajstić information content (AvgIpc) is 2.56. The minimum Gasteiger partial charge on any atom is -0.379 e. The zero-order valence-corrected chi connectivity index (χ0v) is 15.9. The van der Waals surface area contributed by atoms with Crippen LogP contribution >= 0.6 is 28.6 Å². The monoisotopic (exact) mass is 409 g/mol. The molecular formula is C17H20BrN3O2S. The number of carbonyl (C=O) groups excluding carboxylic acids is 1. The van der Waals surface area contributed by atoms with Gasteiger partial charge in [-0.15, -0.1) is 12.6 Å². The van der Waals surface area contributed by atoms with E-state index < -0.39 is 0 Å². The van der Waals surface area contributed by atoms with E-state index in [9.17, 15) is 4.79 Å². The van der Waals surface area contributed by atoms with Crippen LogP contribution in [0.25, 0.3) is 0 Å². The van der Waals surface area contributed by atoms with Crippen molar-refractivity contribution < 1.29 is 9.53 Å². The Hall–Kier alpha value is -1.33. The molecule has 2 aliphatic rings. The van der Waals surface area contributed by atoms with E-state index in [0.717, 1.165) is 36.3 Å². The number of amides is 1. The fraction of sp³-hybridized carbons (Fsp3) is 0.412. The first-order valence-electron chi connectivity index (χ1n) is 7.66. The van der Waals surface area contributed by atoms with Gasteiger partial charge in [-0.05, 0) is 24.7 Å². The lowest BCUT2D eigenvalue weighted by atomic mass is 9.87. The molecule has 1 amide bonds. The van der Waals surface area contributed by atoms with Crippen LogP contribution in [0.15, 0.2) is 39.3 Å². The highest BCUT2D eigenvalue weighted by molar-refractivity contribution is 9.10. The van der Waals surface area contributed by atoms with Crippen molar-refractivity contribution >= 4 is 34.5 Å². The number of benzene rings is 1. The number of thiol groups is 1. The lowest BCUT2D eigenvalue weighted by Gasteiger charge is -2.23. The molecule has 1 saturated heterocycles. The summed E-state index contributed by atoms with van der Waals surface area (Å²) in [5.74, 6) is -0.309. The quantitative estimate of drug-likeness (QED) is 0.699. The number of carbonyl (C=O) groups is 1. The van der Waals surface area contributed by atoms with Crippen molar-refractivity contribution in [2.75, 3.05) is 33.4 Å². The molecule has 0 spiro atoms. The fourth-order valence-electron chi connectivity index (χ4n) is 2.47. The van der Waals surface area contributed by atoms with Gasteiger partial charge in [0.15, 0.2) is 0 Å². The minimum atomic E-state index is -0.200. The molecule has 0 aliphatic carbocycles. The Bertz CT molecular complexity index is 649. The van der Waals surface area contributed by atoms with Crippen LogP contribution in [0.3, 0.4) is 0 Å². The summed E-state index contributed by atoms with van der Waals surface area (Å²) in [6.07, 6.45) is 0.286. The normalized spacial score (nSPS) is 21.4. The molecule has 1 fully saturated rings. The summed E-state index contributed by atoms with van der Waals surface area (Å²) in [7, 11) is 2.11. The number of likely N-dealkylation sites (N-methyl/N-ethyl adjacent to an activating group) is 1. The molecule has 2 heterocycles. The summed E-state index contributed by atoms with van der Waals surface area (Å²) >= 11 is 7.50. The Morgan fingerprint density at radius 2 is 1.96 bits per heavy atom. The maximum absolute atomic E-state index is 11.5. The number of hydrogen-bond donors (Lipinski definition) is 2. The highest BCUT2D eigenvalue weighted by atomic mass is 79.9. The van der Waals surface area contributed by atoms with Gasteiger partial charge in [-0.2, -0.15) is 5.26 Å². The number of morpholine rings is 1. The van der Waals surface area contributed by atoms with Gasteiger partial charge in [0.05, 0.1) is 29.9 Å². The molecule has 7 heteroatoms. The van der Waals surface area contributed by atoms with E-state index in [-0.39, 0.29) is 18.2 Å². The van der Waals surface area contributed by atoms with Gasteiger partial charge in [0.2, 0.25) is 5.91 Å². The van der Waals surface area contributed by atoms with Crippen LogP contribution in [0.4, 0.5) is 0 Å². The number of ether oxygens (including phenoxy) is 1. The molecule has 24 heavy (non-hydrogen) atoms. The summed E-state index contributed by atoms with van der Waals surface area (Å²) in [6.45, 7) is 4.02. The molecule has 1 unspecified atom stereocenters. The number of halogens is 1. The van der Waals surface area contributed by atoms with Gasteiger partial charge in [-0.25, -0.2) is 0 Å². The second-order valence-electron chi connectivity index (χ2n) is 5.65. The SMILES string of the molecule is CN1CCOCC1.N#CC1=C(S)NC(=O)CC1c1ccc(Br)cc1. The molecule has 2 aliphatic heterocycles. The van der Waals surface area contributed by atoms with E-state index in [1.807, 2.05) is 24.3 Å². The highest BCUT2D eigenvalue weighted by Gasteiger charge is 2.27. The maximum atomic E-state index is 11.5. The molecule has 0 saturated carbocycles. The summed E-state index contributed by atoms with van der Waals surface area (Å²) < 4.78 is 6.07. The largest absolute Gasteiger partial charge is 0.379 e. The topological polar surface area (TPSA) is 65.4 Å². The predicted molar refractivity (Wildman–Crippen MR) is 99.6 cm³/mol. The van der Waals surface area contributed by atoms with Crippen LogP contribution in [0, 0.1) is 11.3 Å². The number of nitriles is 1. The molecule has 128 valence electrons. The molecule has 0 aromatic heterocycles. The van der Waals surface area contributed by atoms with Crippen molar-refractivity contribution in [1.82, 2.24) is 10.2 Å². The van der Waals surface area contributed by atoms with Gasteiger partial charge >= 0.3 is 0 Å². The second-order valence-corrected chi connectivity index (χ2v) is 7.01. The van der Waals surface area contributed by atoms with E-state index in [2.05, 4.69) is 51.9 Å². The van der Waals surface area contributed by atoms with E-state index in [0.29, 0.717) is 10.6 Å². The molecule has 0 bridgehead atoms. The third kappa shape index (κ3) is 5.35. The standard InChI is InChI=1S/C12H9BrN2OS.C5H11NO/c13-8-3-1-7(2-4-8)9-5-11(16)15-12(17)10(9)6-14;1-6-2-4-7-5-3-6/h1-4,9,17H,5H2,(H,15,16);2-5H2,1H3. The highest BCUT2D eigenvalue weighted by Crippen LogP contribution is 2.33. The predicted octanol–water partition coefficient (Wildman–Crippen LogP) is 2.67. The maximum Gasteiger partial charge on any atom is 0.225 e. The Kier molecular flexibility index (Phi) is 7.31. The average molecular weight is 410 g/mol. The number of nitrogens with one attached hydrogen (secondary N) is 1. The minimum absolute atomic E-state index is 0.109. The van der Waals surface area contributed by atoms with Crippen LogP contribution in [0.5, 0.6) is 0 Å². The lowest BCUT2D eigenvalue weighted by molar-refractivity contribution is -0.120. The first-order chi connectivity index (χ1) is 11.5. The molecule has 0 radical (unpaired) electrons. The Labute approximate surface area is 156 Å². The van der Waals surface area contributed by atoms with Gasteiger partial charge in [0, 0.05) is 29.9 Å². The Balaban J connectivity index is 0.000000249. The van der Waals surface area contributed by atoms with Crippen molar-refractivity contribution in [2.24, 2.45) is 0 Å². The van der Waals surface area contributed by atoms with Gasteiger partial charge in [-0.3, -0.25) is 4.79 Å². The summed E-state index contributed by atoms with van der Waals surface area (Å²) in [6, 6.07) is 9.73. The fourth-order valence-corrected chi connectivity index (χ4v) is 3.06. The van der Waals surface area contributed by atoms with E-state index in [1.54, 1.807) is 0 Å². The molecular weight excluding hydrogens is 390 g/mol. The summed E-state index contributed by atoms with van der Waals surface area (Å²) in [5, 5.41) is 12.0. The lowest BCUT2D eigenvalue weighted by Crippen LogP contribution is -2.32. The van der Waals surface area contributed by atoms with Crippen molar-refractivity contribution in [2.45, 2.75) is 12.3 Å². The Morgan fingerprint density at radius 3 is 2.46 bits per heavy atom. The zero-order chi connectivity index (χ0) is 17.5. The van der Waals surface area contributed by atoms with E-state index in [1.165, 1.54) is 0 Å². The van der Waals surface area contributed by atoms with Crippen LogP contribution in [-0.2, 0) is 9.53 Å². The molecule has 1 aromatic carbocycles. The van der Waals surface area contributed by atoms with Crippen molar-refractivity contribution in [3.63, 3.8) is 0 Å². The first kappa shape index (κ1) is 19.0. The number of allylic oxidation sites excluding steroid dienone is 1. The Morgan fingerprint density at radius 1 is 1.33 bits per heavy atom. The number of nitrogens with zero attached hydrogens (tertiary/aromatic N) is 2. The first-order valence-corrected chi connectivity index (χ1v) is 8.90. The number of rotatable bonds is 1. The summed E-state index contributed by atoms with van der Waals surface area (Å²) in [4.78, 5) is 13.7. The van der Waals surface area contributed by atoms with Crippen molar-refractivity contribution in [1.29, 1.82) is 5.26 Å². The smallest absolute Gasteiger partial charge is 0.225 e. The molecule has 1 N–H and O–H groups in total. The molecule has 1 aromatic rings. The van der Waals surface area contributed by atoms with Crippen LogP contribution in [0.2, 0.25) is 0 Å². The molecule has 5 nitrogen and oxygen atoms in total. The number of hydrogen-bond acceptors (Lipinski definition) is 5. The van der Waals surface area contributed by atoms with Gasteiger partial charge in [-0.1, -0.05) is 28.1 Å². The van der Waals surface area contributed by atoms with Crippen LogP contribution < -0.4 is 5.32 Å². The van der Waals surface area contributed by atoms with Crippen molar-refractivity contribution in [3.8, 4) is 6.07 Å². The van der Waals surface area contributed by atoms with Crippen LogP contribution in [0.1, 0.15) is 17.9 Å². The zero-order valence-electron chi connectivity index (χ0n) is 13.5. The van der Waals surface area contributed by atoms with Crippen LogP contribution in [-0.4, -0.2) is 44.2 Å². The van der Waals surface area contributed by atoms with E-state index in [4.69, 9.17) is 10.00 Å². The van der Waals surface area contributed by atoms with Gasteiger partial charge in [0.1, 0.15) is 0 Å². The molecule has 1 atom stereocenters. The second kappa shape index (κ2) is 9.23.